The van der Waals surface area contributed by atoms with Crippen LogP contribution >= 0.6 is 0 Å². The molecule has 3 rings (SSSR count). The van der Waals surface area contributed by atoms with Crippen LogP contribution in [0.2, 0.25) is 0 Å². The van der Waals surface area contributed by atoms with Gasteiger partial charge in [-0.05, 0) is 67.2 Å². The molecule has 1 fully saturated rings. The summed E-state index contributed by atoms with van der Waals surface area (Å²) in [7, 11) is 0. The van der Waals surface area contributed by atoms with Crippen molar-refractivity contribution in [3.8, 4) is 11.5 Å². The number of hydrogen-bond acceptors (Lipinski definition) is 3. The van der Waals surface area contributed by atoms with Crippen molar-refractivity contribution in [1.29, 1.82) is 0 Å². The maximum absolute atomic E-state index is 10.6. The number of aryl methyl sites for hydroxylation is 1. The summed E-state index contributed by atoms with van der Waals surface area (Å²) in [5.74, 6) is -0.272. The Labute approximate surface area is 143 Å². The van der Waals surface area contributed by atoms with Crippen molar-refractivity contribution >= 4 is 5.97 Å². The third-order valence-electron chi connectivity index (χ3n) is 5.35. The summed E-state index contributed by atoms with van der Waals surface area (Å²) in [6.45, 7) is 0.532. The molecule has 0 unspecified atom stereocenters. The number of allylic oxidation sites excluding steroid dienone is 1. The minimum atomic E-state index is -0.833. The second-order valence-electron chi connectivity index (χ2n) is 7.21. The first-order valence-corrected chi connectivity index (χ1v) is 8.93. The van der Waals surface area contributed by atoms with Crippen molar-refractivity contribution in [3.05, 3.63) is 35.4 Å². The van der Waals surface area contributed by atoms with Gasteiger partial charge in [-0.3, -0.25) is 4.79 Å². The van der Waals surface area contributed by atoms with E-state index in [2.05, 4.69) is 6.08 Å². The fraction of sp³-hybridized carbons (Fsp3) is 0.550. The summed E-state index contributed by atoms with van der Waals surface area (Å²) >= 11 is 0. The maximum Gasteiger partial charge on any atom is 0.303 e. The van der Waals surface area contributed by atoms with Crippen molar-refractivity contribution in [2.45, 2.75) is 57.8 Å². The van der Waals surface area contributed by atoms with Crippen LogP contribution in [-0.2, 0) is 11.2 Å². The van der Waals surface area contributed by atoms with Crippen molar-refractivity contribution in [2.75, 3.05) is 6.61 Å². The average Bonchev–Trinajstić information content (AvgIpc) is 2.99. The molecule has 0 radical (unpaired) electrons. The molecular weight excluding hydrogens is 304 g/mol. The summed E-state index contributed by atoms with van der Waals surface area (Å²) in [6, 6.07) is 5.17. The van der Waals surface area contributed by atoms with Gasteiger partial charge in [-0.2, -0.15) is 0 Å². The highest BCUT2D eigenvalue weighted by molar-refractivity contribution is 5.67. The van der Waals surface area contributed by atoms with Gasteiger partial charge in [0.1, 0.15) is 6.61 Å². The predicted molar refractivity (Wildman–Crippen MR) is 92.4 cm³/mol. The molecule has 0 bridgehead atoms. The highest BCUT2D eigenvalue weighted by Crippen LogP contribution is 2.47. The smallest absolute Gasteiger partial charge is 0.303 e. The minimum absolute atomic E-state index is 0.0641. The molecule has 0 aliphatic heterocycles. The van der Waals surface area contributed by atoms with E-state index >= 15 is 0 Å². The minimum Gasteiger partial charge on any atom is -0.504 e. The number of aromatic hydroxyl groups is 1. The predicted octanol–water partition coefficient (Wildman–Crippen LogP) is 4.46. The van der Waals surface area contributed by atoms with Gasteiger partial charge in [-0.1, -0.05) is 25.0 Å². The van der Waals surface area contributed by atoms with Gasteiger partial charge < -0.3 is 14.9 Å². The number of rotatable bonds is 6. The molecule has 0 aromatic heterocycles. The lowest BCUT2D eigenvalue weighted by Gasteiger charge is -2.31. The number of hydrogen-bond donors (Lipinski definition) is 2. The molecule has 4 heteroatoms. The lowest BCUT2D eigenvalue weighted by atomic mass is 9.75. The number of ether oxygens (including phenoxy) is 1. The van der Waals surface area contributed by atoms with Crippen molar-refractivity contribution in [2.24, 2.45) is 5.41 Å². The number of phenolic OH excluding ortho intramolecular Hbond substituents is 1. The number of aliphatic carboxylic acids is 1. The average molecular weight is 330 g/mol. The van der Waals surface area contributed by atoms with Gasteiger partial charge in [0.15, 0.2) is 11.5 Å². The van der Waals surface area contributed by atoms with Crippen LogP contribution in [0, 0.1) is 5.41 Å². The SMILES string of the molecule is O=C(O)CCc1ccc(OCC2=CC3(CCCC3)CCC2)c(O)c1. The van der Waals surface area contributed by atoms with E-state index in [0.29, 0.717) is 24.2 Å². The lowest BCUT2D eigenvalue weighted by molar-refractivity contribution is -0.136. The summed E-state index contributed by atoms with van der Waals surface area (Å²) in [5, 5.41) is 18.8. The summed E-state index contributed by atoms with van der Waals surface area (Å²) in [4.78, 5) is 10.6. The Morgan fingerprint density at radius 2 is 1.92 bits per heavy atom. The van der Waals surface area contributed by atoms with Gasteiger partial charge in [0.25, 0.3) is 0 Å². The molecule has 1 aromatic carbocycles. The first-order valence-electron chi connectivity index (χ1n) is 8.93. The van der Waals surface area contributed by atoms with E-state index in [9.17, 15) is 9.90 Å². The molecule has 2 aliphatic carbocycles. The Morgan fingerprint density at radius 1 is 1.17 bits per heavy atom. The third-order valence-corrected chi connectivity index (χ3v) is 5.35. The topological polar surface area (TPSA) is 66.8 Å². The van der Waals surface area contributed by atoms with Crippen LogP contribution in [0.15, 0.2) is 29.8 Å². The normalized spacial score (nSPS) is 19.2. The largest absolute Gasteiger partial charge is 0.504 e. The van der Waals surface area contributed by atoms with Crippen LogP contribution in [-0.4, -0.2) is 22.8 Å². The first-order chi connectivity index (χ1) is 11.6. The van der Waals surface area contributed by atoms with Gasteiger partial charge in [0.2, 0.25) is 0 Å². The summed E-state index contributed by atoms with van der Waals surface area (Å²) in [6.07, 6.45) is 11.8. The standard InChI is InChI=1S/C20H26O4/c21-17-12-15(6-8-19(22)23)5-7-18(17)24-14-16-4-3-11-20(13-16)9-1-2-10-20/h5,7,12-13,21H,1-4,6,8-11,14H2,(H,22,23). The van der Waals surface area contributed by atoms with Crippen LogP contribution < -0.4 is 4.74 Å². The molecule has 2 N–H and O–H groups in total. The van der Waals surface area contributed by atoms with E-state index in [4.69, 9.17) is 9.84 Å². The number of carboxylic acid groups (broad SMARTS) is 1. The molecule has 0 atom stereocenters. The van der Waals surface area contributed by atoms with E-state index in [0.717, 1.165) is 12.0 Å². The Morgan fingerprint density at radius 3 is 2.62 bits per heavy atom. The summed E-state index contributed by atoms with van der Waals surface area (Å²) < 4.78 is 5.82. The fourth-order valence-electron chi connectivity index (χ4n) is 4.09. The first kappa shape index (κ1) is 16.9. The zero-order chi connectivity index (χ0) is 17.0. The Balaban J connectivity index is 1.60. The van der Waals surface area contributed by atoms with Crippen molar-refractivity contribution in [1.82, 2.24) is 0 Å². The number of carboxylic acids is 1. The molecule has 0 heterocycles. The zero-order valence-electron chi connectivity index (χ0n) is 14.1. The van der Waals surface area contributed by atoms with Crippen molar-refractivity contribution in [3.63, 3.8) is 0 Å². The highest BCUT2D eigenvalue weighted by atomic mass is 16.5. The zero-order valence-corrected chi connectivity index (χ0v) is 14.1. The lowest BCUT2D eigenvalue weighted by Crippen LogP contribution is -2.19. The quantitative estimate of drug-likeness (QED) is 0.756. The number of carbonyl (C=O) groups is 1. The second kappa shape index (κ2) is 7.29. The second-order valence-corrected chi connectivity index (χ2v) is 7.21. The number of benzene rings is 1. The molecule has 0 amide bonds. The Bertz CT molecular complexity index is 627. The monoisotopic (exact) mass is 330 g/mol. The molecule has 1 saturated carbocycles. The highest BCUT2D eigenvalue weighted by Gasteiger charge is 2.33. The molecule has 1 aromatic rings. The molecule has 2 aliphatic rings. The molecular formula is C20H26O4. The van der Waals surface area contributed by atoms with E-state index < -0.39 is 5.97 Å². The van der Waals surface area contributed by atoms with E-state index in [1.165, 1.54) is 44.1 Å². The van der Waals surface area contributed by atoms with Crippen LogP contribution in [0.25, 0.3) is 0 Å². The van der Waals surface area contributed by atoms with Gasteiger partial charge in [0, 0.05) is 6.42 Å². The molecule has 24 heavy (non-hydrogen) atoms. The van der Waals surface area contributed by atoms with Crippen LogP contribution in [0.3, 0.4) is 0 Å². The van der Waals surface area contributed by atoms with Crippen LogP contribution in [0.5, 0.6) is 11.5 Å². The third kappa shape index (κ3) is 4.11. The summed E-state index contributed by atoms with van der Waals surface area (Å²) in [5.41, 5.74) is 2.57. The molecule has 130 valence electrons. The molecule has 0 saturated heterocycles. The van der Waals surface area contributed by atoms with Gasteiger partial charge in [0.05, 0.1) is 0 Å². The van der Waals surface area contributed by atoms with Crippen LogP contribution in [0.4, 0.5) is 0 Å². The van der Waals surface area contributed by atoms with Crippen molar-refractivity contribution < 1.29 is 19.7 Å². The van der Waals surface area contributed by atoms with Gasteiger partial charge in [-0.25, -0.2) is 0 Å². The Kier molecular flexibility index (Phi) is 5.12. The van der Waals surface area contributed by atoms with Crippen LogP contribution in [0.1, 0.15) is 56.9 Å². The number of phenols is 1. The fourth-order valence-corrected chi connectivity index (χ4v) is 4.09. The van der Waals surface area contributed by atoms with E-state index in [-0.39, 0.29) is 12.2 Å². The molecule has 1 spiro atoms. The molecule has 4 nitrogen and oxygen atoms in total. The van der Waals surface area contributed by atoms with E-state index in [1.54, 1.807) is 12.1 Å². The van der Waals surface area contributed by atoms with Gasteiger partial charge >= 0.3 is 5.97 Å². The Hall–Kier alpha value is -1.97. The maximum atomic E-state index is 10.6. The van der Waals surface area contributed by atoms with E-state index in [1.807, 2.05) is 6.07 Å². The van der Waals surface area contributed by atoms with Gasteiger partial charge in [-0.15, -0.1) is 0 Å².